The maximum Gasteiger partial charge on any atom is 0.303 e. The minimum atomic E-state index is -0.328. The SMILES string of the molecule is C=COC(COCCC)CC(C)CC.CC(=O)OC(C)(C)C. The van der Waals surface area contributed by atoms with Crippen LogP contribution in [0.25, 0.3) is 0 Å². The third-order valence-electron chi connectivity index (χ3n) is 2.75. The topological polar surface area (TPSA) is 44.8 Å². The lowest BCUT2D eigenvalue weighted by molar-refractivity contribution is -0.151. The van der Waals surface area contributed by atoms with Crippen LogP contribution in [-0.4, -0.2) is 30.9 Å². The third-order valence-corrected chi connectivity index (χ3v) is 2.75. The Labute approximate surface area is 137 Å². The van der Waals surface area contributed by atoms with Gasteiger partial charge in [-0.15, -0.1) is 0 Å². The van der Waals surface area contributed by atoms with Crippen LogP contribution in [0.5, 0.6) is 0 Å². The molecule has 0 spiro atoms. The first-order valence-corrected chi connectivity index (χ1v) is 8.19. The van der Waals surface area contributed by atoms with Crippen molar-refractivity contribution in [2.24, 2.45) is 5.92 Å². The summed E-state index contributed by atoms with van der Waals surface area (Å²) in [6.45, 7) is 18.6. The lowest BCUT2D eigenvalue weighted by atomic mass is 10.0. The van der Waals surface area contributed by atoms with Gasteiger partial charge in [0.05, 0.1) is 12.9 Å². The molecule has 0 aliphatic rings. The van der Waals surface area contributed by atoms with E-state index in [1.807, 2.05) is 20.8 Å². The summed E-state index contributed by atoms with van der Waals surface area (Å²) in [5, 5.41) is 0. The van der Waals surface area contributed by atoms with Gasteiger partial charge in [0.15, 0.2) is 0 Å². The molecule has 0 amide bonds. The molecule has 0 aromatic carbocycles. The first kappa shape index (κ1) is 23.2. The van der Waals surface area contributed by atoms with Gasteiger partial charge in [-0.05, 0) is 39.5 Å². The van der Waals surface area contributed by atoms with Crippen LogP contribution < -0.4 is 0 Å². The van der Waals surface area contributed by atoms with Crippen LogP contribution in [0.15, 0.2) is 12.8 Å². The molecule has 4 heteroatoms. The molecular formula is C18H36O4. The molecule has 0 saturated heterocycles. The lowest BCUT2D eigenvalue weighted by Crippen LogP contribution is -2.21. The molecule has 132 valence electrons. The molecule has 2 unspecified atom stereocenters. The summed E-state index contributed by atoms with van der Waals surface area (Å²) in [7, 11) is 0. The second-order valence-electron chi connectivity index (χ2n) is 6.45. The molecule has 0 fully saturated rings. The second-order valence-corrected chi connectivity index (χ2v) is 6.45. The van der Waals surface area contributed by atoms with E-state index in [2.05, 4.69) is 27.4 Å². The van der Waals surface area contributed by atoms with Gasteiger partial charge in [-0.2, -0.15) is 0 Å². The molecule has 0 saturated carbocycles. The minimum absolute atomic E-state index is 0.175. The fourth-order valence-corrected chi connectivity index (χ4v) is 1.70. The zero-order valence-corrected chi connectivity index (χ0v) is 15.6. The van der Waals surface area contributed by atoms with Crippen molar-refractivity contribution in [1.82, 2.24) is 0 Å². The van der Waals surface area contributed by atoms with Gasteiger partial charge < -0.3 is 14.2 Å². The Hall–Kier alpha value is -1.03. The van der Waals surface area contributed by atoms with Crippen molar-refractivity contribution in [2.45, 2.75) is 79.4 Å². The molecular weight excluding hydrogens is 280 g/mol. The van der Waals surface area contributed by atoms with E-state index in [1.165, 1.54) is 19.6 Å². The van der Waals surface area contributed by atoms with E-state index in [4.69, 9.17) is 14.2 Å². The number of rotatable bonds is 9. The Kier molecular flexibility index (Phi) is 14.4. The number of esters is 1. The van der Waals surface area contributed by atoms with Crippen molar-refractivity contribution >= 4 is 5.97 Å². The van der Waals surface area contributed by atoms with Crippen molar-refractivity contribution in [3.63, 3.8) is 0 Å². The van der Waals surface area contributed by atoms with Gasteiger partial charge in [0.1, 0.15) is 11.7 Å². The zero-order valence-electron chi connectivity index (χ0n) is 15.6. The van der Waals surface area contributed by atoms with Crippen molar-refractivity contribution < 1.29 is 19.0 Å². The number of hydrogen-bond donors (Lipinski definition) is 0. The summed E-state index contributed by atoms with van der Waals surface area (Å²) in [6.07, 6.45) is 4.98. The van der Waals surface area contributed by atoms with E-state index in [1.54, 1.807) is 0 Å². The molecule has 4 nitrogen and oxygen atoms in total. The van der Waals surface area contributed by atoms with Crippen molar-refractivity contribution in [3.8, 4) is 0 Å². The number of ether oxygens (including phenoxy) is 3. The predicted molar refractivity (Wildman–Crippen MR) is 91.8 cm³/mol. The van der Waals surface area contributed by atoms with Crippen molar-refractivity contribution in [3.05, 3.63) is 12.8 Å². The molecule has 0 radical (unpaired) electrons. The molecule has 22 heavy (non-hydrogen) atoms. The highest BCUT2D eigenvalue weighted by Gasteiger charge is 2.12. The molecule has 0 rings (SSSR count). The molecule has 0 bridgehead atoms. The predicted octanol–water partition coefficient (Wildman–Crippen LogP) is 4.73. The Morgan fingerprint density at radius 3 is 2.18 bits per heavy atom. The highest BCUT2D eigenvalue weighted by atomic mass is 16.6. The van der Waals surface area contributed by atoms with E-state index in [0.29, 0.717) is 12.5 Å². The zero-order chi connectivity index (χ0) is 17.6. The van der Waals surface area contributed by atoms with E-state index in [-0.39, 0.29) is 17.7 Å². The Bertz CT molecular complexity index is 281. The van der Waals surface area contributed by atoms with Gasteiger partial charge in [-0.25, -0.2) is 0 Å². The maximum absolute atomic E-state index is 10.2. The van der Waals surface area contributed by atoms with Gasteiger partial charge in [-0.3, -0.25) is 4.79 Å². The Morgan fingerprint density at radius 2 is 1.86 bits per heavy atom. The van der Waals surface area contributed by atoms with Crippen LogP contribution in [-0.2, 0) is 19.0 Å². The summed E-state index contributed by atoms with van der Waals surface area (Å²) in [6, 6.07) is 0. The normalized spacial score (nSPS) is 13.4. The molecule has 0 N–H and O–H groups in total. The first-order valence-electron chi connectivity index (χ1n) is 8.19. The fraction of sp³-hybridized carbons (Fsp3) is 0.833. The van der Waals surface area contributed by atoms with Crippen LogP contribution in [0.3, 0.4) is 0 Å². The quantitative estimate of drug-likeness (QED) is 0.350. The van der Waals surface area contributed by atoms with E-state index in [9.17, 15) is 4.79 Å². The first-order chi connectivity index (χ1) is 10.2. The van der Waals surface area contributed by atoms with Crippen LogP contribution in [0.2, 0.25) is 0 Å². The van der Waals surface area contributed by atoms with Gasteiger partial charge in [0.25, 0.3) is 0 Å². The maximum atomic E-state index is 10.2. The van der Waals surface area contributed by atoms with Gasteiger partial charge >= 0.3 is 5.97 Å². The van der Waals surface area contributed by atoms with Crippen LogP contribution in [0.1, 0.15) is 67.7 Å². The fourth-order valence-electron chi connectivity index (χ4n) is 1.70. The van der Waals surface area contributed by atoms with Crippen molar-refractivity contribution in [1.29, 1.82) is 0 Å². The van der Waals surface area contributed by atoms with E-state index >= 15 is 0 Å². The Morgan fingerprint density at radius 1 is 1.27 bits per heavy atom. The molecule has 0 heterocycles. The largest absolute Gasteiger partial charge is 0.496 e. The summed E-state index contributed by atoms with van der Waals surface area (Å²) in [5.41, 5.74) is -0.328. The number of carbonyl (C=O) groups excluding carboxylic acids is 1. The van der Waals surface area contributed by atoms with Gasteiger partial charge in [0, 0.05) is 13.5 Å². The molecule has 0 aliphatic heterocycles. The monoisotopic (exact) mass is 316 g/mol. The number of hydrogen-bond acceptors (Lipinski definition) is 4. The molecule has 0 aromatic rings. The highest BCUT2D eigenvalue weighted by Crippen LogP contribution is 2.13. The number of carbonyl (C=O) groups is 1. The summed E-state index contributed by atoms with van der Waals surface area (Å²) < 4.78 is 15.7. The Balaban J connectivity index is 0. The van der Waals surface area contributed by atoms with Gasteiger partial charge in [0.2, 0.25) is 0 Å². The second kappa shape index (κ2) is 13.6. The summed E-state index contributed by atoms with van der Waals surface area (Å²) >= 11 is 0. The lowest BCUT2D eigenvalue weighted by Gasteiger charge is -2.19. The van der Waals surface area contributed by atoms with Crippen molar-refractivity contribution in [2.75, 3.05) is 13.2 Å². The summed E-state index contributed by atoms with van der Waals surface area (Å²) in [5.74, 6) is 0.461. The average Bonchev–Trinajstić information content (AvgIpc) is 2.36. The highest BCUT2D eigenvalue weighted by molar-refractivity contribution is 5.66. The minimum Gasteiger partial charge on any atom is -0.496 e. The van der Waals surface area contributed by atoms with Gasteiger partial charge in [-0.1, -0.05) is 33.8 Å². The third kappa shape index (κ3) is 19.0. The van der Waals surface area contributed by atoms with E-state index in [0.717, 1.165) is 19.4 Å². The average molecular weight is 316 g/mol. The van der Waals surface area contributed by atoms with Crippen LogP contribution in [0.4, 0.5) is 0 Å². The van der Waals surface area contributed by atoms with Crippen LogP contribution >= 0.6 is 0 Å². The molecule has 0 aromatic heterocycles. The molecule has 2 atom stereocenters. The summed E-state index contributed by atoms with van der Waals surface area (Å²) in [4.78, 5) is 10.2. The van der Waals surface area contributed by atoms with Crippen LogP contribution in [0, 0.1) is 5.92 Å². The smallest absolute Gasteiger partial charge is 0.303 e. The standard InChI is InChI=1S/C12H24O2.C6H12O2/c1-5-8-13-10-12(14-7-3)9-11(4)6-2;1-5(7)8-6(2,3)4/h7,11-12H,3,5-6,8-10H2,1-2,4H3;1-4H3. The van der Waals surface area contributed by atoms with E-state index < -0.39 is 0 Å². The molecule has 0 aliphatic carbocycles.